The topological polar surface area (TPSA) is 96.0 Å². The highest BCUT2D eigenvalue weighted by atomic mass is 32.2. The summed E-state index contributed by atoms with van der Waals surface area (Å²) >= 11 is 0. The molecule has 0 unspecified atom stereocenters. The predicted octanol–water partition coefficient (Wildman–Crippen LogP) is 3.81. The van der Waals surface area contributed by atoms with Crippen LogP contribution in [0.1, 0.15) is 38.8 Å². The molecule has 2 amide bonds. The fourth-order valence-corrected chi connectivity index (χ4v) is 4.28. The van der Waals surface area contributed by atoms with Crippen LogP contribution in [0.3, 0.4) is 0 Å². The molecule has 0 radical (unpaired) electrons. The predicted molar refractivity (Wildman–Crippen MR) is 135 cm³/mol. The molecule has 0 fully saturated rings. The first-order valence-electron chi connectivity index (χ1n) is 11.3. The van der Waals surface area contributed by atoms with Gasteiger partial charge in [0.05, 0.1) is 24.6 Å². The summed E-state index contributed by atoms with van der Waals surface area (Å²) in [6.07, 6.45) is -3.91. The summed E-state index contributed by atoms with van der Waals surface area (Å²) in [4.78, 5) is 27.6. The second-order valence-corrected chi connectivity index (χ2v) is 11.5. The van der Waals surface area contributed by atoms with Crippen molar-refractivity contribution in [2.45, 2.75) is 52.0 Å². The molecule has 204 valence electrons. The van der Waals surface area contributed by atoms with Crippen molar-refractivity contribution in [3.05, 3.63) is 59.7 Å². The highest BCUT2D eigenvalue weighted by Crippen LogP contribution is 2.32. The van der Waals surface area contributed by atoms with Crippen molar-refractivity contribution >= 4 is 27.5 Å². The summed E-state index contributed by atoms with van der Waals surface area (Å²) in [6, 6.07) is 9.41. The Hall–Kier alpha value is -3.28. The summed E-state index contributed by atoms with van der Waals surface area (Å²) in [5.41, 5.74) is -1.34. The monoisotopic (exact) mass is 543 g/mol. The van der Waals surface area contributed by atoms with Crippen LogP contribution < -0.4 is 14.4 Å². The molecule has 37 heavy (non-hydrogen) atoms. The number of methoxy groups -OCH3 is 1. The molecular weight excluding hydrogens is 511 g/mol. The number of nitrogens with one attached hydrogen (secondary N) is 1. The van der Waals surface area contributed by atoms with Crippen molar-refractivity contribution < 1.29 is 35.9 Å². The Morgan fingerprint density at radius 2 is 1.65 bits per heavy atom. The van der Waals surface area contributed by atoms with Gasteiger partial charge in [-0.3, -0.25) is 13.9 Å². The Kier molecular flexibility index (Phi) is 9.23. The molecule has 2 aromatic carbocycles. The summed E-state index contributed by atoms with van der Waals surface area (Å²) in [5.74, 6) is -0.664. The molecule has 1 N–H and O–H groups in total. The molecule has 2 rings (SSSR count). The number of carbonyl (C=O) groups is 2. The van der Waals surface area contributed by atoms with E-state index in [1.807, 2.05) is 0 Å². The average Bonchev–Trinajstić information content (AvgIpc) is 2.78. The van der Waals surface area contributed by atoms with E-state index in [0.717, 1.165) is 18.4 Å². The number of hydrogen-bond acceptors (Lipinski definition) is 5. The van der Waals surface area contributed by atoms with Crippen molar-refractivity contribution in [2.75, 3.05) is 24.2 Å². The number of alkyl halides is 3. The van der Waals surface area contributed by atoms with Gasteiger partial charge in [0, 0.05) is 12.1 Å². The molecule has 0 heterocycles. The van der Waals surface area contributed by atoms with Gasteiger partial charge in [0.25, 0.3) is 0 Å². The number of rotatable bonds is 9. The van der Waals surface area contributed by atoms with Crippen molar-refractivity contribution in [2.24, 2.45) is 0 Å². The number of halogens is 3. The maximum Gasteiger partial charge on any atom is 0.416 e. The minimum atomic E-state index is -4.71. The number of hydrogen-bond donors (Lipinski definition) is 1. The Balaban J connectivity index is 2.45. The summed E-state index contributed by atoms with van der Waals surface area (Å²) < 4.78 is 70.6. The van der Waals surface area contributed by atoms with Gasteiger partial charge in [-0.25, -0.2) is 8.42 Å². The maximum atomic E-state index is 13.5. The first kappa shape index (κ1) is 29.9. The van der Waals surface area contributed by atoms with Gasteiger partial charge in [0.1, 0.15) is 18.3 Å². The van der Waals surface area contributed by atoms with Gasteiger partial charge < -0.3 is 15.0 Å². The summed E-state index contributed by atoms with van der Waals surface area (Å²) in [7, 11) is -2.67. The van der Waals surface area contributed by atoms with E-state index in [9.17, 15) is 31.2 Å². The third kappa shape index (κ3) is 8.66. The van der Waals surface area contributed by atoms with Gasteiger partial charge in [0.15, 0.2) is 0 Å². The largest absolute Gasteiger partial charge is 0.497 e. The Morgan fingerprint density at radius 1 is 1.05 bits per heavy atom. The smallest absolute Gasteiger partial charge is 0.416 e. The molecule has 0 bridgehead atoms. The van der Waals surface area contributed by atoms with E-state index in [0.29, 0.717) is 21.7 Å². The van der Waals surface area contributed by atoms with E-state index in [2.05, 4.69) is 5.32 Å². The van der Waals surface area contributed by atoms with E-state index in [-0.39, 0.29) is 12.2 Å². The lowest BCUT2D eigenvalue weighted by Gasteiger charge is -2.33. The first-order chi connectivity index (χ1) is 16.9. The van der Waals surface area contributed by atoms with E-state index >= 15 is 0 Å². The van der Waals surface area contributed by atoms with Gasteiger partial charge in [-0.05, 0) is 63.6 Å². The number of benzene rings is 2. The molecule has 2 aromatic rings. The number of nitrogens with zero attached hydrogens (tertiary/aromatic N) is 2. The molecular formula is C25H32F3N3O5S. The highest BCUT2D eigenvalue weighted by Gasteiger charge is 2.34. The second kappa shape index (κ2) is 11.4. The van der Waals surface area contributed by atoms with Crippen LogP contribution in [0.2, 0.25) is 0 Å². The van der Waals surface area contributed by atoms with E-state index in [1.54, 1.807) is 45.0 Å². The van der Waals surface area contributed by atoms with Gasteiger partial charge in [0.2, 0.25) is 21.8 Å². The zero-order valence-corrected chi connectivity index (χ0v) is 22.4. The normalized spacial score (nSPS) is 13.0. The van der Waals surface area contributed by atoms with Gasteiger partial charge in [-0.1, -0.05) is 18.2 Å². The number of carbonyl (C=O) groups excluding carboxylic acids is 2. The molecule has 8 nitrogen and oxygen atoms in total. The average molecular weight is 544 g/mol. The van der Waals surface area contributed by atoms with Crippen LogP contribution in [0, 0.1) is 0 Å². The van der Waals surface area contributed by atoms with Crippen molar-refractivity contribution in [3.63, 3.8) is 0 Å². The van der Waals surface area contributed by atoms with Crippen LogP contribution in [-0.2, 0) is 32.3 Å². The minimum Gasteiger partial charge on any atom is -0.497 e. The maximum absolute atomic E-state index is 13.5. The van der Waals surface area contributed by atoms with E-state index in [1.165, 1.54) is 25.0 Å². The molecule has 0 saturated carbocycles. The molecule has 0 aromatic heterocycles. The summed E-state index contributed by atoms with van der Waals surface area (Å²) in [5, 5.41) is 2.79. The van der Waals surface area contributed by atoms with Crippen LogP contribution in [-0.4, -0.2) is 56.6 Å². The van der Waals surface area contributed by atoms with Crippen molar-refractivity contribution in [1.82, 2.24) is 10.2 Å². The molecule has 0 aliphatic carbocycles. The lowest BCUT2D eigenvalue weighted by molar-refractivity contribution is -0.140. The van der Waals surface area contributed by atoms with Gasteiger partial charge in [-0.2, -0.15) is 13.2 Å². The van der Waals surface area contributed by atoms with Crippen molar-refractivity contribution in [1.29, 1.82) is 0 Å². The minimum absolute atomic E-state index is 0.0538. The third-order valence-corrected chi connectivity index (χ3v) is 6.46. The lowest BCUT2D eigenvalue weighted by atomic mass is 10.1. The fourth-order valence-electron chi connectivity index (χ4n) is 3.44. The third-order valence-electron chi connectivity index (χ3n) is 5.32. The molecule has 0 saturated heterocycles. The zero-order valence-electron chi connectivity index (χ0n) is 21.6. The standard InChI is InChI=1S/C25H32F3N3O5S/c1-17(23(33)29-24(2,3)4)30(15-18-10-12-21(36-5)13-11-18)22(32)16-31(37(6,34)35)20-9-7-8-19(14-20)25(26,27)28/h7-14,17H,15-16H2,1-6H3,(H,29,33)/t17-/m1/s1. The van der Waals surface area contributed by atoms with E-state index in [4.69, 9.17) is 4.74 Å². The Morgan fingerprint density at radius 3 is 2.14 bits per heavy atom. The Labute approximate surface area is 215 Å². The van der Waals surface area contributed by atoms with Crippen LogP contribution in [0.5, 0.6) is 5.75 Å². The van der Waals surface area contributed by atoms with Crippen LogP contribution >= 0.6 is 0 Å². The lowest BCUT2D eigenvalue weighted by Crippen LogP contribution is -2.54. The number of anilines is 1. The molecule has 12 heteroatoms. The molecule has 1 atom stereocenters. The molecule has 0 aliphatic rings. The van der Waals surface area contributed by atoms with Crippen LogP contribution in [0.15, 0.2) is 48.5 Å². The van der Waals surface area contributed by atoms with Gasteiger partial charge in [-0.15, -0.1) is 0 Å². The summed E-state index contributed by atoms with van der Waals surface area (Å²) in [6.45, 7) is 5.95. The first-order valence-corrected chi connectivity index (χ1v) is 13.2. The quantitative estimate of drug-likeness (QED) is 0.519. The molecule has 0 aliphatic heterocycles. The van der Waals surface area contributed by atoms with Crippen molar-refractivity contribution in [3.8, 4) is 5.75 Å². The highest BCUT2D eigenvalue weighted by molar-refractivity contribution is 7.92. The second-order valence-electron chi connectivity index (χ2n) is 9.60. The SMILES string of the molecule is COc1ccc(CN(C(=O)CN(c2cccc(C(F)(F)F)c2)S(C)(=O)=O)[C@H](C)C(=O)NC(C)(C)C)cc1. The van der Waals surface area contributed by atoms with Gasteiger partial charge >= 0.3 is 6.18 Å². The van der Waals surface area contributed by atoms with Crippen LogP contribution in [0.4, 0.5) is 18.9 Å². The number of amides is 2. The zero-order chi connectivity index (χ0) is 28.2. The Bertz CT molecular complexity index is 1210. The molecule has 0 spiro atoms. The number of sulfonamides is 1. The fraction of sp³-hybridized carbons (Fsp3) is 0.440. The number of ether oxygens (including phenoxy) is 1. The van der Waals surface area contributed by atoms with Crippen LogP contribution in [0.25, 0.3) is 0 Å². The van der Waals surface area contributed by atoms with E-state index < -0.39 is 51.7 Å².